The number of rotatable bonds is 7. The van der Waals surface area contributed by atoms with E-state index >= 15 is 0 Å². The number of amides is 1. The van der Waals surface area contributed by atoms with Gasteiger partial charge in [0.1, 0.15) is 28.6 Å². The average molecular weight is 309 g/mol. The number of nitrogens with zero attached hydrogens (tertiary/aromatic N) is 4. The summed E-state index contributed by atoms with van der Waals surface area (Å²) in [4.78, 5) is 17.2. The number of hydrogen-bond acceptors (Lipinski definition) is 6. The molecule has 0 bridgehead atoms. The molecule has 0 saturated heterocycles. The molecule has 0 saturated carbocycles. The van der Waals surface area contributed by atoms with Gasteiger partial charge in [0.2, 0.25) is 0 Å². The minimum absolute atomic E-state index is 0.0859. The van der Waals surface area contributed by atoms with Gasteiger partial charge in [-0.15, -0.1) is 21.5 Å². The second-order valence-corrected chi connectivity index (χ2v) is 5.55. The number of nitrogens with one attached hydrogen (secondary N) is 1. The lowest BCUT2D eigenvalue weighted by Crippen LogP contribution is -2.26. The van der Waals surface area contributed by atoms with Crippen LogP contribution in [0.1, 0.15) is 40.3 Å². The summed E-state index contributed by atoms with van der Waals surface area (Å²) in [5.74, 6) is -0.104. The number of thiazole rings is 1. The maximum Gasteiger partial charge on any atom is 0.263 e. The Kier molecular flexibility index (Phi) is 5.40. The summed E-state index contributed by atoms with van der Waals surface area (Å²) in [6.45, 7) is 7.50. The van der Waals surface area contributed by atoms with Crippen LogP contribution in [0.15, 0.2) is 12.7 Å². The summed E-state index contributed by atoms with van der Waals surface area (Å²) in [6, 6.07) is 0. The third kappa shape index (κ3) is 4.08. The molecule has 0 radical (unpaired) electrons. The van der Waals surface area contributed by atoms with Gasteiger partial charge >= 0.3 is 0 Å². The molecule has 0 aliphatic carbocycles. The molecule has 1 N–H and O–H groups in total. The Morgan fingerprint density at radius 2 is 2.19 bits per heavy atom. The molecule has 21 heavy (non-hydrogen) atoms. The molecule has 0 aliphatic heterocycles. The predicted molar refractivity (Wildman–Crippen MR) is 79.2 cm³/mol. The van der Waals surface area contributed by atoms with Gasteiger partial charge in [0.25, 0.3) is 5.91 Å². The third-order valence-electron chi connectivity index (χ3n) is 2.91. The standard InChI is InChI=1S/C13H19N5O2S/c1-4-20-10(3)13-17-9(2)11(21-13)12(19)14-5-6-18-7-15-16-8-18/h7-8,10H,4-6H2,1-3H3,(H,14,19). The molecular weight excluding hydrogens is 290 g/mol. The van der Waals surface area contributed by atoms with E-state index in [-0.39, 0.29) is 12.0 Å². The van der Waals surface area contributed by atoms with Gasteiger partial charge in [-0.1, -0.05) is 0 Å². The van der Waals surface area contributed by atoms with Crippen molar-refractivity contribution in [1.29, 1.82) is 0 Å². The molecule has 7 nitrogen and oxygen atoms in total. The number of carbonyl (C=O) groups is 1. The van der Waals surface area contributed by atoms with Crippen molar-refractivity contribution < 1.29 is 9.53 Å². The molecule has 0 aromatic carbocycles. The van der Waals surface area contributed by atoms with Crippen LogP contribution in [-0.4, -0.2) is 38.8 Å². The molecule has 2 rings (SSSR count). The maximum atomic E-state index is 12.2. The Hall–Kier alpha value is -1.80. The Balaban J connectivity index is 1.92. The second kappa shape index (κ2) is 7.28. The Morgan fingerprint density at radius 3 is 2.86 bits per heavy atom. The van der Waals surface area contributed by atoms with Gasteiger partial charge in [-0.2, -0.15) is 0 Å². The van der Waals surface area contributed by atoms with Crippen molar-refractivity contribution in [3.05, 3.63) is 28.2 Å². The summed E-state index contributed by atoms with van der Waals surface area (Å²) in [6.07, 6.45) is 3.15. The van der Waals surface area contributed by atoms with E-state index in [0.717, 1.165) is 10.7 Å². The van der Waals surface area contributed by atoms with Gasteiger partial charge in [0.15, 0.2) is 0 Å². The van der Waals surface area contributed by atoms with Crippen molar-refractivity contribution in [2.75, 3.05) is 13.2 Å². The van der Waals surface area contributed by atoms with E-state index in [2.05, 4.69) is 20.5 Å². The highest BCUT2D eigenvalue weighted by Gasteiger charge is 2.18. The zero-order chi connectivity index (χ0) is 15.2. The minimum atomic E-state index is -0.104. The van der Waals surface area contributed by atoms with Gasteiger partial charge in [0.05, 0.1) is 5.69 Å². The van der Waals surface area contributed by atoms with E-state index < -0.39 is 0 Å². The molecule has 2 aromatic rings. The van der Waals surface area contributed by atoms with Crippen LogP contribution in [0.4, 0.5) is 0 Å². The van der Waals surface area contributed by atoms with Crippen LogP contribution in [0.25, 0.3) is 0 Å². The Bertz CT molecular complexity index is 581. The van der Waals surface area contributed by atoms with Crippen molar-refractivity contribution >= 4 is 17.2 Å². The molecular formula is C13H19N5O2S. The maximum absolute atomic E-state index is 12.2. The molecule has 0 aliphatic rings. The largest absolute Gasteiger partial charge is 0.372 e. The molecule has 114 valence electrons. The molecule has 2 aromatic heterocycles. The summed E-state index contributed by atoms with van der Waals surface area (Å²) in [5.41, 5.74) is 0.739. The summed E-state index contributed by atoms with van der Waals surface area (Å²) in [5, 5.41) is 11.1. The number of aryl methyl sites for hydroxylation is 1. The lowest BCUT2D eigenvalue weighted by atomic mass is 10.3. The van der Waals surface area contributed by atoms with Gasteiger partial charge in [-0.25, -0.2) is 4.98 Å². The van der Waals surface area contributed by atoms with Gasteiger partial charge in [-0.05, 0) is 20.8 Å². The smallest absolute Gasteiger partial charge is 0.263 e. The molecule has 2 heterocycles. The van der Waals surface area contributed by atoms with Crippen molar-refractivity contribution in [3.63, 3.8) is 0 Å². The number of ether oxygens (including phenoxy) is 1. The van der Waals surface area contributed by atoms with E-state index in [1.165, 1.54) is 11.3 Å². The molecule has 0 spiro atoms. The molecule has 0 fully saturated rings. The minimum Gasteiger partial charge on any atom is -0.372 e. The summed E-state index contributed by atoms with van der Waals surface area (Å²) in [7, 11) is 0. The number of aromatic nitrogens is 4. The highest BCUT2D eigenvalue weighted by molar-refractivity contribution is 7.13. The van der Waals surface area contributed by atoms with Crippen LogP contribution in [0.5, 0.6) is 0 Å². The Morgan fingerprint density at radius 1 is 1.48 bits per heavy atom. The van der Waals surface area contributed by atoms with Gasteiger partial charge in [-0.3, -0.25) is 4.79 Å². The lowest BCUT2D eigenvalue weighted by Gasteiger charge is -2.06. The predicted octanol–water partition coefficient (Wildman–Crippen LogP) is 1.57. The zero-order valence-corrected chi connectivity index (χ0v) is 13.2. The first-order chi connectivity index (χ1) is 10.1. The van der Waals surface area contributed by atoms with E-state index in [9.17, 15) is 4.79 Å². The third-order valence-corrected chi connectivity index (χ3v) is 4.22. The topological polar surface area (TPSA) is 81.9 Å². The average Bonchev–Trinajstić information content (AvgIpc) is 3.08. The van der Waals surface area contributed by atoms with E-state index in [0.29, 0.717) is 24.6 Å². The fourth-order valence-corrected chi connectivity index (χ4v) is 2.82. The van der Waals surface area contributed by atoms with E-state index in [4.69, 9.17) is 4.74 Å². The highest BCUT2D eigenvalue weighted by Crippen LogP contribution is 2.25. The molecule has 1 amide bonds. The first-order valence-electron chi connectivity index (χ1n) is 6.81. The van der Waals surface area contributed by atoms with Crippen LogP contribution in [0, 0.1) is 6.92 Å². The SMILES string of the molecule is CCOC(C)c1nc(C)c(C(=O)NCCn2cnnc2)s1. The van der Waals surface area contributed by atoms with Crippen LogP contribution in [-0.2, 0) is 11.3 Å². The fourth-order valence-electron chi connectivity index (χ4n) is 1.84. The Labute approximate surface area is 127 Å². The first kappa shape index (κ1) is 15.6. The normalized spacial score (nSPS) is 12.3. The first-order valence-corrected chi connectivity index (χ1v) is 7.63. The van der Waals surface area contributed by atoms with Crippen molar-refractivity contribution in [1.82, 2.24) is 25.1 Å². The summed E-state index contributed by atoms with van der Waals surface area (Å²) >= 11 is 1.38. The van der Waals surface area contributed by atoms with Crippen LogP contribution >= 0.6 is 11.3 Å². The number of carbonyl (C=O) groups excluding carboxylic acids is 1. The lowest BCUT2D eigenvalue weighted by molar-refractivity contribution is 0.0761. The molecule has 1 unspecified atom stereocenters. The van der Waals surface area contributed by atoms with Crippen LogP contribution < -0.4 is 5.32 Å². The second-order valence-electron chi connectivity index (χ2n) is 4.52. The van der Waals surface area contributed by atoms with E-state index in [1.54, 1.807) is 12.7 Å². The monoisotopic (exact) mass is 309 g/mol. The van der Waals surface area contributed by atoms with Crippen molar-refractivity contribution in [2.45, 2.75) is 33.4 Å². The van der Waals surface area contributed by atoms with Gasteiger partial charge < -0.3 is 14.6 Å². The summed E-state index contributed by atoms with van der Waals surface area (Å²) < 4.78 is 7.31. The zero-order valence-electron chi connectivity index (χ0n) is 12.4. The molecule has 8 heteroatoms. The van der Waals surface area contributed by atoms with Crippen molar-refractivity contribution in [3.8, 4) is 0 Å². The number of hydrogen-bond donors (Lipinski definition) is 1. The highest BCUT2D eigenvalue weighted by atomic mass is 32.1. The van der Waals surface area contributed by atoms with E-state index in [1.807, 2.05) is 25.3 Å². The molecule has 1 atom stereocenters. The van der Waals surface area contributed by atoms with Crippen LogP contribution in [0.3, 0.4) is 0 Å². The quantitative estimate of drug-likeness (QED) is 0.839. The fraction of sp³-hybridized carbons (Fsp3) is 0.538. The van der Waals surface area contributed by atoms with Crippen molar-refractivity contribution in [2.24, 2.45) is 0 Å². The van der Waals surface area contributed by atoms with Gasteiger partial charge in [0, 0.05) is 19.7 Å². The van der Waals surface area contributed by atoms with Crippen LogP contribution in [0.2, 0.25) is 0 Å².